The number of hydrogen-bond acceptors (Lipinski definition) is 2. The Balaban J connectivity index is 1.73. The summed E-state index contributed by atoms with van der Waals surface area (Å²) >= 11 is 0.0515. The normalized spacial score (nSPS) is 11.4. The third-order valence-corrected chi connectivity index (χ3v) is 19.0. The van der Waals surface area contributed by atoms with Crippen molar-refractivity contribution < 1.29 is 9.59 Å². The summed E-state index contributed by atoms with van der Waals surface area (Å²) in [6, 6.07) is 12.2. The summed E-state index contributed by atoms with van der Waals surface area (Å²) in [5, 5.41) is 0. The van der Waals surface area contributed by atoms with Crippen LogP contribution >= 0.6 is 0 Å². The van der Waals surface area contributed by atoms with Crippen LogP contribution in [-0.4, -0.2) is 38.1 Å². The fourth-order valence-corrected chi connectivity index (χ4v) is 16.7. The summed E-state index contributed by atoms with van der Waals surface area (Å²) < 4.78 is 2.28. The summed E-state index contributed by atoms with van der Waals surface area (Å²) in [5.74, 6) is -0.689. The molecule has 56 heavy (non-hydrogen) atoms. The molecule has 0 unspecified atom stereocenters. The van der Waals surface area contributed by atoms with Crippen molar-refractivity contribution >= 4 is 47.0 Å². The Labute approximate surface area is 356 Å². The fourth-order valence-electron chi connectivity index (χ4n) is 7.96. The quantitative estimate of drug-likeness (QED) is 0.0517. The van der Waals surface area contributed by atoms with Crippen LogP contribution in [0.2, 0.25) is 0 Å². The average Bonchev–Trinajstić information content (AvgIpc) is 3.19. The third-order valence-electron chi connectivity index (χ3n) is 11.5. The van der Waals surface area contributed by atoms with Crippen LogP contribution in [0.4, 0.5) is 0 Å². The van der Waals surface area contributed by atoms with Crippen LogP contribution in [0.5, 0.6) is 0 Å². The zero-order valence-corrected chi connectivity index (χ0v) is 39.7. The van der Waals surface area contributed by atoms with E-state index < -0.39 is 0 Å². The zero-order valence-electron chi connectivity index (χ0n) is 36.3. The second kappa shape index (κ2) is 35.4. The Hall–Kier alpha value is -1.58. The van der Waals surface area contributed by atoms with Crippen LogP contribution in [0.1, 0.15) is 251 Å². The number of carbonyl (C=O) groups excluding carboxylic acids is 2. The van der Waals surface area contributed by atoms with E-state index in [9.17, 15) is 9.59 Å². The molecule has 318 valence electrons. The molecule has 0 aliphatic carbocycles. The number of amides is 2. The molecule has 0 atom stereocenters. The first-order valence-electron chi connectivity index (χ1n) is 23.7. The van der Waals surface area contributed by atoms with E-state index >= 15 is 0 Å². The second-order valence-electron chi connectivity index (χ2n) is 16.6. The SMILES string of the molecule is CCCCCCCCCCCCCCCCCCc1cccc(C(N)=O)c1[Se][Se]c1c(CCCCCCCCCCCCCCCCCC)cccc1C(N)=O. The molecular weight excluding hydrogens is 818 g/mol. The van der Waals surface area contributed by atoms with Gasteiger partial charge in [0, 0.05) is 0 Å². The van der Waals surface area contributed by atoms with Crippen LogP contribution in [0, 0.1) is 0 Å². The Morgan fingerprint density at radius 1 is 0.375 bits per heavy atom. The molecule has 4 nitrogen and oxygen atoms in total. The van der Waals surface area contributed by atoms with Crippen molar-refractivity contribution in [2.45, 2.75) is 232 Å². The van der Waals surface area contributed by atoms with Gasteiger partial charge in [-0.25, -0.2) is 0 Å². The number of benzene rings is 2. The number of nitrogens with two attached hydrogens (primary N) is 2. The number of aryl methyl sites for hydroxylation is 2. The molecule has 0 heterocycles. The van der Waals surface area contributed by atoms with Gasteiger partial charge in [0.15, 0.2) is 0 Å². The van der Waals surface area contributed by atoms with E-state index in [1.165, 1.54) is 204 Å². The van der Waals surface area contributed by atoms with E-state index in [1.54, 1.807) is 0 Å². The molecule has 2 aromatic rings. The van der Waals surface area contributed by atoms with Crippen LogP contribution in [0.15, 0.2) is 36.4 Å². The summed E-state index contributed by atoms with van der Waals surface area (Å²) in [6.07, 6.45) is 45.5. The summed E-state index contributed by atoms with van der Waals surface area (Å²) in [4.78, 5) is 25.2. The Bertz CT molecular complexity index is 1180. The van der Waals surface area contributed by atoms with Gasteiger partial charge >= 0.3 is 255 Å². The van der Waals surface area contributed by atoms with Crippen molar-refractivity contribution in [1.82, 2.24) is 0 Å². The van der Waals surface area contributed by atoms with Gasteiger partial charge in [0.2, 0.25) is 0 Å². The van der Waals surface area contributed by atoms with E-state index in [-0.39, 0.29) is 38.1 Å². The molecular formula is C50H84N2O2Se2. The van der Waals surface area contributed by atoms with Crippen molar-refractivity contribution in [1.29, 1.82) is 0 Å². The van der Waals surface area contributed by atoms with E-state index in [2.05, 4.69) is 26.0 Å². The van der Waals surface area contributed by atoms with E-state index in [0.29, 0.717) is 11.1 Å². The average molecular weight is 903 g/mol. The zero-order chi connectivity index (χ0) is 40.3. The third kappa shape index (κ3) is 24.4. The summed E-state index contributed by atoms with van der Waals surface area (Å²) in [5.41, 5.74) is 15.7. The van der Waals surface area contributed by atoms with E-state index in [1.807, 2.05) is 24.3 Å². The van der Waals surface area contributed by atoms with Crippen molar-refractivity contribution in [2.75, 3.05) is 0 Å². The molecule has 0 spiro atoms. The number of rotatable bonds is 39. The molecule has 0 aliphatic rings. The monoisotopic (exact) mass is 904 g/mol. The molecule has 4 N–H and O–H groups in total. The van der Waals surface area contributed by atoms with Gasteiger partial charge in [-0.2, -0.15) is 0 Å². The summed E-state index contributed by atoms with van der Waals surface area (Å²) in [7, 11) is 0. The van der Waals surface area contributed by atoms with Gasteiger partial charge in [0.05, 0.1) is 0 Å². The minimum atomic E-state index is -0.344. The Kier molecular flexibility index (Phi) is 31.9. The summed E-state index contributed by atoms with van der Waals surface area (Å²) in [6.45, 7) is 4.58. The van der Waals surface area contributed by atoms with Gasteiger partial charge in [0.1, 0.15) is 0 Å². The van der Waals surface area contributed by atoms with Crippen molar-refractivity contribution in [2.24, 2.45) is 11.5 Å². The van der Waals surface area contributed by atoms with Crippen molar-refractivity contribution in [3.05, 3.63) is 58.7 Å². The molecule has 2 rings (SSSR count). The van der Waals surface area contributed by atoms with Crippen molar-refractivity contribution in [3.8, 4) is 0 Å². The standard InChI is InChI=1S/C50H84N2O2Se2/c1-3-5-7-9-11-13-15-17-19-21-23-25-27-29-31-33-37-43-39-35-41-45(49(51)53)47(43)55-56-48-44(40-36-42-46(48)50(52)54)38-34-32-30-28-26-24-22-20-18-16-14-12-10-8-6-4-2/h35-36,39-42H,3-34,37-38H2,1-2H3,(H2,51,53)(H2,52,54). The van der Waals surface area contributed by atoms with Crippen LogP contribution in [-0.2, 0) is 12.8 Å². The molecule has 0 aliphatic heterocycles. The number of primary amides is 2. The molecule has 0 saturated carbocycles. The second-order valence-corrected chi connectivity index (χ2v) is 22.6. The molecule has 0 saturated heterocycles. The molecule has 0 aromatic heterocycles. The van der Waals surface area contributed by atoms with Crippen LogP contribution < -0.4 is 20.4 Å². The Morgan fingerprint density at radius 2 is 0.607 bits per heavy atom. The fraction of sp³-hybridized carbons (Fsp3) is 0.720. The van der Waals surface area contributed by atoms with Gasteiger partial charge in [-0.3, -0.25) is 0 Å². The van der Waals surface area contributed by atoms with Gasteiger partial charge < -0.3 is 0 Å². The van der Waals surface area contributed by atoms with Gasteiger partial charge in [-0.1, -0.05) is 104 Å². The molecule has 6 heteroatoms. The van der Waals surface area contributed by atoms with Crippen LogP contribution in [0.25, 0.3) is 0 Å². The molecule has 0 radical (unpaired) electrons. The van der Waals surface area contributed by atoms with Gasteiger partial charge in [0.25, 0.3) is 0 Å². The van der Waals surface area contributed by atoms with E-state index in [4.69, 9.17) is 11.5 Å². The number of unbranched alkanes of at least 4 members (excludes halogenated alkanes) is 30. The van der Waals surface area contributed by atoms with Gasteiger partial charge in [-0.15, -0.1) is 0 Å². The van der Waals surface area contributed by atoms with Gasteiger partial charge in [-0.05, 0) is 0 Å². The van der Waals surface area contributed by atoms with Crippen molar-refractivity contribution in [3.63, 3.8) is 0 Å². The predicted molar refractivity (Wildman–Crippen MR) is 247 cm³/mol. The van der Waals surface area contributed by atoms with E-state index in [0.717, 1.165) is 34.6 Å². The first-order valence-corrected chi connectivity index (χ1v) is 29.7. The molecule has 2 aromatic carbocycles. The molecule has 2 amide bonds. The predicted octanol–water partition coefficient (Wildman–Crippen LogP) is 12.8. The maximum absolute atomic E-state index is 12.6. The number of carbonyl (C=O) groups is 2. The number of hydrogen-bond donors (Lipinski definition) is 2. The first kappa shape index (κ1) is 50.6. The Morgan fingerprint density at radius 3 is 0.839 bits per heavy atom. The topological polar surface area (TPSA) is 86.2 Å². The molecule has 0 bridgehead atoms. The van der Waals surface area contributed by atoms with Crippen LogP contribution in [0.3, 0.4) is 0 Å². The first-order chi connectivity index (χ1) is 27.5. The molecule has 0 fully saturated rings. The minimum absolute atomic E-state index is 0.0257. The maximum atomic E-state index is 12.6.